The number of nitrogens with two attached hydrogens (primary N) is 2. The number of primary amides is 2. The number of sulfonamides is 1. The number of hydrogen-bond acceptors (Lipinski definition) is 6. The molecule has 24 heavy (non-hydrogen) atoms. The number of nitrogens with zero attached hydrogens (tertiary/aromatic N) is 1. The van der Waals surface area contributed by atoms with Crippen LogP contribution in [0.5, 0.6) is 0 Å². The summed E-state index contributed by atoms with van der Waals surface area (Å²) in [4.78, 5) is 24.4. The standard InChI is InChI=1S/C14H22N4O4S2/c15-13(19)10-3-1-5-18(8-10)6-2-4-17-24(21,22)12-7-11(9-23-12)14(16)20/h7,9-10,17H,1-6,8H2,(H2,15,19)(H2,16,20)/t10-/m0/s1. The number of nitrogens with one attached hydrogen (secondary N) is 1. The maximum absolute atomic E-state index is 12.1. The Morgan fingerprint density at radius 3 is 2.75 bits per heavy atom. The minimum Gasteiger partial charge on any atom is -0.369 e. The Morgan fingerprint density at radius 1 is 1.38 bits per heavy atom. The van der Waals surface area contributed by atoms with E-state index in [1.807, 2.05) is 0 Å². The molecular formula is C14H22N4O4S2. The molecule has 5 N–H and O–H groups in total. The van der Waals surface area contributed by atoms with E-state index in [-0.39, 0.29) is 28.1 Å². The van der Waals surface area contributed by atoms with Gasteiger partial charge < -0.3 is 16.4 Å². The molecule has 1 aromatic heterocycles. The summed E-state index contributed by atoms with van der Waals surface area (Å²) in [5.74, 6) is -1.04. The molecular weight excluding hydrogens is 352 g/mol. The third-order valence-corrected chi connectivity index (χ3v) is 6.88. The third kappa shape index (κ3) is 5.00. The molecule has 2 rings (SSSR count). The fourth-order valence-electron chi connectivity index (χ4n) is 2.66. The number of carbonyl (C=O) groups excluding carboxylic acids is 2. The average Bonchev–Trinajstić information content (AvgIpc) is 3.03. The van der Waals surface area contributed by atoms with Gasteiger partial charge in [0.15, 0.2) is 0 Å². The van der Waals surface area contributed by atoms with Gasteiger partial charge in [-0.05, 0) is 38.4 Å². The number of rotatable bonds is 8. The van der Waals surface area contributed by atoms with E-state index in [1.54, 1.807) is 0 Å². The summed E-state index contributed by atoms with van der Waals surface area (Å²) in [5.41, 5.74) is 10.6. The van der Waals surface area contributed by atoms with Gasteiger partial charge in [0.25, 0.3) is 0 Å². The van der Waals surface area contributed by atoms with Gasteiger partial charge in [-0.25, -0.2) is 13.1 Å². The lowest BCUT2D eigenvalue weighted by atomic mass is 9.97. The van der Waals surface area contributed by atoms with Gasteiger partial charge in [-0.1, -0.05) is 0 Å². The Balaban J connectivity index is 1.78. The van der Waals surface area contributed by atoms with Crippen molar-refractivity contribution in [2.45, 2.75) is 23.5 Å². The lowest BCUT2D eigenvalue weighted by molar-refractivity contribution is -0.123. The minimum atomic E-state index is -3.63. The minimum absolute atomic E-state index is 0.0723. The van der Waals surface area contributed by atoms with Crippen molar-refractivity contribution in [2.24, 2.45) is 17.4 Å². The maximum atomic E-state index is 12.1. The molecule has 134 valence electrons. The Labute approximate surface area is 145 Å². The van der Waals surface area contributed by atoms with E-state index in [0.717, 1.165) is 30.7 Å². The van der Waals surface area contributed by atoms with E-state index in [1.165, 1.54) is 11.4 Å². The van der Waals surface area contributed by atoms with Crippen molar-refractivity contribution in [3.63, 3.8) is 0 Å². The number of amides is 2. The van der Waals surface area contributed by atoms with Crippen LogP contribution in [0, 0.1) is 5.92 Å². The van der Waals surface area contributed by atoms with Gasteiger partial charge in [0.1, 0.15) is 4.21 Å². The summed E-state index contributed by atoms with van der Waals surface area (Å²) in [6.07, 6.45) is 2.36. The number of piperidine rings is 1. The molecule has 2 heterocycles. The second-order valence-corrected chi connectivity index (χ2v) is 8.72. The van der Waals surface area contributed by atoms with Crippen LogP contribution in [0.25, 0.3) is 0 Å². The number of likely N-dealkylation sites (tertiary alicyclic amines) is 1. The molecule has 1 aromatic rings. The zero-order valence-electron chi connectivity index (χ0n) is 13.2. The van der Waals surface area contributed by atoms with E-state index >= 15 is 0 Å². The Bertz CT molecular complexity index is 701. The molecule has 0 aliphatic carbocycles. The molecule has 0 unspecified atom stereocenters. The first kappa shape index (κ1) is 18.8. The lowest BCUT2D eigenvalue weighted by Crippen LogP contribution is -2.42. The zero-order chi connectivity index (χ0) is 17.7. The van der Waals surface area contributed by atoms with Crippen LogP contribution in [0.3, 0.4) is 0 Å². The van der Waals surface area contributed by atoms with Crippen molar-refractivity contribution in [1.82, 2.24) is 9.62 Å². The first-order chi connectivity index (χ1) is 11.3. The fraction of sp³-hybridized carbons (Fsp3) is 0.571. The van der Waals surface area contributed by atoms with Crippen LogP contribution in [-0.2, 0) is 14.8 Å². The second-order valence-electron chi connectivity index (χ2n) is 5.81. The number of hydrogen-bond donors (Lipinski definition) is 3. The predicted molar refractivity (Wildman–Crippen MR) is 91.0 cm³/mol. The molecule has 1 atom stereocenters. The van der Waals surface area contributed by atoms with E-state index < -0.39 is 15.9 Å². The molecule has 0 aromatic carbocycles. The molecule has 0 spiro atoms. The Kier molecular flexibility index (Phi) is 6.33. The van der Waals surface area contributed by atoms with Crippen LogP contribution in [0.2, 0.25) is 0 Å². The first-order valence-corrected chi connectivity index (χ1v) is 10.1. The molecule has 0 radical (unpaired) electrons. The average molecular weight is 374 g/mol. The monoisotopic (exact) mass is 374 g/mol. The predicted octanol–water partition coefficient (Wildman–Crippen LogP) is -0.287. The van der Waals surface area contributed by atoms with Crippen LogP contribution in [0.15, 0.2) is 15.7 Å². The molecule has 1 aliphatic rings. The van der Waals surface area contributed by atoms with E-state index in [2.05, 4.69) is 9.62 Å². The van der Waals surface area contributed by atoms with Crippen LogP contribution in [-0.4, -0.2) is 51.3 Å². The third-order valence-electron chi connectivity index (χ3n) is 3.98. The van der Waals surface area contributed by atoms with Gasteiger partial charge in [-0.3, -0.25) is 9.59 Å². The topological polar surface area (TPSA) is 136 Å². The summed E-state index contributed by atoms with van der Waals surface area (Å²) in [5, 5.41) is 1.43. The zero-order valence-corrected chi connectivity index (χ0v) is 14.9. The van der Waals surface area contributed by atoms with Crippen LogP contribution < -0.4 is 16.2 Å². The van der Waals surface area contributed by atoms with E-state index in [0.29, 0.717) is 19.5 Å². The SMILES string of the molecule is NC(=O)c1csc(S(=O)(=O)NCCCN2CCC[C@H](C(N)=O)C2)c1. The van der Waals surface area contributed by atoms with Gasteiger partial charge in [0, 0.05) is 18.5 Å². The van der Waals surface area contributed by atoms with Crippen molar-refractivity contribution in [3.05, 3.63) is 17.0 Å². The molecule has 2 amide bonds. The van der Waals surface area contributed by atoms with Gasteiger partial charge in [0.2, 0.25) is 21.8 Å². The fourth-order valence-corrected chi connectivity index (χ4v) is 4.95. The summed E-state index contributed by atoms with van der Waals surface area (Å²) in [7, 11) is -3.63. The highest BCUT2D eigenvalue weighted by atomic mass is 32.2. The summed E-state index contributed by atoms with van der Waals surface area (Å²) < 4.78 is 26.9. The maximum Gasteiger partial charge on any atom is 0.250 e. The highest BCUT2D eigenvalue weighted by Crippen LogP contribution is 2.20. The van der Waals surface area contributed by atoms with E-state index in [4.69, 9.17) is 11.5 Å². The second kappa shape index (κ2) is 8.06. The van der Waals surface area contributed by atoms with Gasteiger partial charge in [-0.15, -0.1) is 11.3 Å². The highest BCUT2D eigenvalue weighted by Gasteiger charge is 2.23. The Morgan fingerprint density at radius 2 is 2.12 bits per heavy atom. The van der Waals surface area contributed by atoms with Gasteiger partial charge >= 0.3 is 0 Å². The Hall–Kier alpha value is -1.49. The molecule has 10 heteroatoms. The highest BCUT2D eigenvalue weighted by molar-refractivity contribution is 7.91. The summed E-state index contributed by atoms with van der Waals surface area (Å²) in [6.45, 7) is 2.51. The number of carbonyl (C=O) groups is 2. The largest absolute Gasteiger partial charge is 0.369 e. The lowest BCUT2D eigenvalue weighted by Gasteiger charge is -2.31. The molecule has 1 fully saturated rings. The van der Waals surface area contributed by atoms with Crippen molar-refractivity contribution in [3.8, 4) is 0 Å². The first-order valence-electron chi connectivity index (χ1n) is 7.69. The molecule has 1 aliphatic heterocycles. The number of thiophene rings is 1. The normalized spacial score (nSPS) is 19.2. The summed E-state index contributed by atoms with van der Waals surface area (Å²) in [6, 6.07) is 1.28. The quantitative estimate of drug-likeness (QED) is 0.537. The van der Waals surface area contributed by atoms with Gasteiger partial charge in [0.05, 0.1) is 11.5 Å². The molecule has 0 bridgehead atoms. The van der Waals surface area contributed by atoms with Gasteiger partial charge in [-0.2, -0.15) is 0 Å². The van der Waals surface area contributed by atoms with Crippen molar-refractivity contribution in [2.75, 3.05) is 26.2 Å². The molecule has 1 saturated heterocycles. The van der Waals surface area contributed by atoms with Crippen molar-refractivity contribution < 1.29 is 18.0 Å². The van der Waals surface area contributed by atoms with Crippen LogP contribution >= 0.6 is 11.3 Å². The van der Waals surface area contributed by atoms with Crippen molar-refractivity contribution in [1.29, 1.82) is 0 Å². The van der Waals surface area contributed by atoms with Crippen LogP contribution in [0.1, 0.15) is 29.6 Å². The molecule has 0 saturated carbocycles. The van der Waals surface area contributed by atoms with E-state index in [9.17, 15) is 18.0 Å². The summed E-state index contributed by atoms with van der Waals surface area (Å²) >= 11 is 0.961. The van der Waals surface area contributed by atoms with Crippen LogP contribution in [0.4, 0.5) is 0 Å². The molecule has 8 nitrogen and oxygen atoms in total. The van der Waals surface area contributed by atoms with Crippen molar-refractivity contribution >= 4 is 33.2 Å². The smallest absolute Gasteiger partial charge is 0.250 e.